The number of rotatable bonds is 44. The molecular formula is C34H69IO12. The van der Waals surface area contributed by atoms with Gasteiger partial charge in [0.05, 0.1) is 145 Å². The van der Waals surface area contributed by atoms with Gasteiger partial charge in [-0.1, -0.05) is 61.6 Å². The molecule has 0 radical (unpaired) electrons. The van der Waals surface area contributed by atoms with Crippen molar-refractivity contribution in [2.75, 3.05) is 163 Å². The fourth-order valence-corrected chi connectivity index (χ4v) is 4.34. The number of hydrogen-bond donors (Lipinski definition) is 0. The second kappa shape index (κ2) is 46.2. The van der Waals surface area contributed by atoms with Gasteiger partial charge in [-0.25, -0.2) is 0 Å². The average molecular weight is 797 g/mol. The quantitative estimate of drug-likeness (QED) is 0.0482. The van der Waals surface area contributed by atoms with Crippen LogP contribution in [0.1, 0.15) is 58.3 Å². The van der Waals surface area contributed by atoms with Gasteiger partial charge in [0.2, 0.25) is 0 Å². The molecule has 0 aliphatic heterocycles. The maximum Gasteiger partial charge on any atom is 0.0701 e. The summed E-state index contributed by atoms with van der Waals surface area (Å²) < 4.78 is 67.3. The minimum absolute atomic E-state index is 0.522. The molecule has 0 aliphatic rings. The van der Waals surface area contributed by atoms with Crippen LogP contribution in [-0.4, -0.2) is 163 Å². The number of ether oxygens (including phenoxy) is 12. The third-order valence-electron chi connectivity index (χ3n) is 6.41. The van der Waals surface area contributed by atoms with Crippen LogP contribution in [0.5, 0.6) is 0 Å². The Balaban J connectivity index is 3.03. The molecule has 0 saturated carbocycles. The van der Waals surface area contributed by atoms with Crippen LogP contribution in [0.25, 0.3) is 0 Å². The van der Waals surface area contributed by atoms with Crippen molar-refractivity contribution in [1.82, 2.24) is 0 Å². The van der Waals surface area contributed by atoms with Crippen molar-refractivity contribution in [3.8, 4) is 0 Å². The predicted octanol–water partition coefficient (Wildman–Crippen LogP) is 4.76. The molecule has 13 heteroatoms. The Morgan fingerprint density at radius 1 is 0.234 bits per heavy atom. The van der Waals surface area contributed by atoms with Gasteiger partial charge < -0.3 is 56.8 Å². The van der Waals surface area contributed by atoms with Gasteiger partial charge in [0.1, 0.15) is 0 Å². The summed E-state index contributed by atoms with van der Waals surface area (Å²) in [6, 6.07) is 0. The number of alkyl halides is 1. The highest BCUT2D eigenvalue weighted by Gasteiger charge is 1.97. The Morgan fingerprint density at radius 2 is 0.426 bits per heavy atom. The van der Waals surface area contributed by atoms with Crippen LogP contribution < -0.4 is 0 Å². The Kier molecular flexibility index (Phi) is 46.5. The maximum absolute atomic E-state index is 5.56. The van der Waals surface area contributed by atoms with Crippen LogP contribution in [0.15, 0.2) is 0 Å². The zero-order chi connectivity index (χ0) is 33.8. The summed E-state index contributed by atoms with van der Waals surface area (Å²) in [5.74, 6) is 0. The topological polar surface area (TPSA) is 111 Å². The molecule has 0 spiro atoms. The molecule has 0 aromatic rings. The Labute approximate surface area is 299 Å². The van der Waals surface area contributed by atoms with Gasteiger partial charge in [-0.05, 0) is 23.7 Å². The van der Waals surface area contributed by atoms with Crippen molar-refractivity contribution < 1.29 is 56.8 Å². The monoisotopic (exact) mass is 796 g/mol. The lowest BCUT2D eigenvalue weighted by Crippen LogP contribution is -2.15. The van der Waals surface area contributed by atoms with E-state index in [0.717, 1.165) is 26.1 Å². The lowest BCUT2D eigenvalue weighted by molar-refractivity contribution is -0.0284. The van der Waals surface area contributed by atoms with E-state index in [9.17, 15) is 0 Å². The second-order valence-electron chi connectivity index (χ2n) is 10.5. The largest absolute Gasteiger partial charge is 0.379 e. The van der Waals surface area contributed by atoms with Crippen molar-refractivity contribution in [3.05, 3.63) is 0 Å². The van der Waals surface area contributed by atoms with Crippen molar-refractivity contribution in [2.45, 2.75) is 58.3 Å². The van der Waals surface area contributed by atoms with Crippen molar-refractivity contribution in [1.29, 1.82) is 0 Å². The van der Waals surface area contributed by atoms with E-state index in [1.165, 1.54) is 43.0 Å². The highest BCUT2D eigenvalue weighted by atomic mass is 127. The molecule has 0 bridgehead atoms. The SMILES string of the molecule is CCCCCCOCCOCCOCCOCCOCCOCCOCCOCCOCCOCCOCCOCCCCCCI. The second-order valence-corrected chi connectivity index (χ2v) is 11.6. The van der Waals surface area contributed by atoms with Crippen LogP contribution in [0.3, 0.4) is 0 Å². The molecule has 284 valence electrons. The van der Waals surface area contributed by atoms with Gasteiger partial charge >= 0.3 is 0 Å². The Hall–Kier alpha value is 0.250. The van der Waals surface area contributed by atoms with E-state index in [2.05, 4.69) is 29.5 Å². The van der Waals surface area contributed by atoms with Crippen LogP contribution in [0.2, 0.25) is 0 Å². The minimum Gasteiger partial charge on any atom is -0.379 e. The van der Waals surface area contributed by atoms with Gasteiger partial charge in [0, 0.05) is 13.2 Å². The molecule has 47 heavy (non-hydrogen) atoms. The van der Waals surface area contributed by atoms with E-state index in [4.69, 9.17) is 56.8 Å². The first-order valence-electron chi connectivity index (χ1n) is 17.9. The van der Waals surface area contributed by atoms with Crippen LogP contribution in [0, 0.1) is 0 Å². The van der Waals surface area contributed by atoms with Crippen LogP contribution >= 0.6 is 22.6 Å². The van der Waals surface area contributed by atoms with Gasteiger partial charge in [0.15, 0.2) is 0 Å². The van der Waals surface area contributed by atoms with Gasteiger partial charge in [0.25, 0.3) is 0 Å². The standard InChI is InChI=1S/C34H69IO12/c1-2-3-4-8-11-36-13-15-38-17-19-40-21-23-42-25-27-44-29-31-46-33-34-47-32-30-45-28-26-43-24-22-41-20-18-39-16-14-37-12-9-6-5-7-10-35/h2-34H2,1H3. The molecule has 0 heterocycles. The molecule has 0 atom stereocenters. The number of hydrogen-bond acceptors (Lipinski definition) is 12. The Bertz CT molecular complexity index is 495. The summed E-state index contributed by atoms with van der Waals surface area (Å²) in [5, 5.41) is 0. The van der Waals surface area contributed by atoms with E-state index in [0.29, 0.717) is 145 Å². The predicted molar refractivity (Wildman–Crippen MR) is 191 cm³/mol. The van der Waals surface area contributed by atoms with Crippen LogP contribution in [0.4, 0.5) is 0 Å². The molecular weight excluding hydrogens is 727 g/mol. The van der Waals surface area contributed by atoms with E-state index < -0.39 is 0 Å². The molecule has 0 aromatic carbocycles. The summed E-state index contributed by atoms with van der Waals surface area (Å²) in [6.07, 6.45) is 9.89. The summed E-state index contributed by atoms with van der Waals surface area (Å²) in [7, 11) is 0. The van der Waals surface area contributed by atoms with Crippen molar-refractivity contribution in [2.24, 2.45) is 0 Å². The van der Waals surface area contributed by atoms with E-state index in [-0.39, 0.29) is 0 Å². The first kappa shape index (κ1) is 47.2. The first-order chi connectivity index (χ1) is 23.4. The molecule has 0 fully saturated rings. The summed E-state index contributed by atoms with van der Waals surface area (Å²) >= 11 is 2.42. The zero-order valence-electron chi connectivity index (χ0n) is 29.6. The first-order valence-corrected chi connectivity index (χ1v) is 19.4. The molecule has 0 rings (SSSR count). The normalized spacial score (nSPS) is 11.6. The average Bonchev–Trinajstić information content (AvgIpc) is 3.08. The van der Waals surface area contributed by atoms with Crippen molar-refractivity contribution in [3.63, 3.8) is 0 Å². The maximum atomic E-state index is 5.56. The van der Waals surface area contributed by atoms with E-state index >= 15 is 0 Å². The summed E-state index contributed by atoms with van der Waals surface area (Å²) in [4.78, 5) is 0. The van der Waals surface area contributed by atoms with E-state index in [1.54, 1.807) is 0 Å². The van der Waals surface area contributed by atoms with E-state index in [1.807, 2.05) is 0 Å². The lowest BCUT2D eigenvalue weighted by Gasteiger charge is -2.09. The van der Waals surface area contributed by atoms with Crippen LogP contribution in [-0.2, 0) is 56.8 Å². The third-order valence-corrected chi connectivity index (χ3v) is 7.17. The minimum atomic E-state index is 0.522. The van der Waals surface area contributed by atoms with Gasteiger partial charge in [-0.2, -0.15) is 0 Å². The third kappa shape index (κ3) is 46.2. The molecule has 0 unspecified atom stereocenters. The highest BCUT2D eigenvalue weighted by Crippen LogP contribution is 2.02. The number of halogens is 1. The van der Waals surface area contributed by atoms with Gasteiger partial charge in [-0.3, -0.25) is 0 Å². The summed E-state index contributed by atoms with van der Waals surface area (Å²) in [6.45, 7) is 16.0. The zero-order valence-corrected chi connectivity index (χ0v) is 31.8. The summed E-state index contributed by atoms with van der Waals surface area (Å²) in [5.41, 5.74) is 0. The highest BCUT2D eigenvalue weighted by molar-refractivity contribution is 14.1. The fourth-order valence-electron chi connectivity index (χ4n) is 3.80. The molecule has 0 amide bonds. The molecule has 0 saturated heterocycles. The van der Waals surface area contributed by atoms with Gasteiger partial charge in [-0.15, -0.1) is 0 Å². The number of unbranched alkanes of at least 4 members (excludes halogenated alkanes) is 6. The molecule has 0 N–H and O–H groups in total. The molecule has 0 aromatic heterocycles. The van der Waals surface area contributed by atoms with Crippen molar-refractivity contribution >= 4 is 22.6 Å². The fraction of sp³-hybridized carbons (Fsp3) is 1.00. The smallest absolute Gasteiger partial charge is 0.0701 e. The molecule has 12 nitrogen and oxygen atoms in total. The Morgan fingerprint density at radius 3 is 0.638 bits per heavy atom. The lowest BCUT2D eigenvalue weighted by atomic mass is 10.2. The molecule has 0 aliphatic carbocycles.